The number of benzene rings is 1. The van der Waals surface area contributed by atoms with Crippen molar-refractivity contribution >= 4 is 44.1 Å². The number of hydrogen-bond acceptors (Lipinski definition) is 7. The summed E-state index contributed by atoms with van der Waals surface area (Å²) < 4.78 is 28.4. The van der Waals surface area contributed by atoms with Crippen molar-refractivity contribution in [3.8, 4) is 0 Å². The fourth-order valence-corrected chi connectivity index (χ4v) is 5.93. The molecule has 0 saturated carbocycles. The fraction of sp³-hybridized carbons (Fsp3) is 0.409. The molecular weight excluding hydrogens is 452 g/mol. The molecule has 2 N–H and O–H groups in total. The summed E-state index contributed by atoms with van der Waals surface area (Å²) in [5.74, 6) is -0.465. The van der Waals surface area contributed by atoms with Gasteiger partial charge in [0, 0.05) is 4.88 Å². The molecule has 1 aliphatic carbocycles. The second kappa shape index (κ2) is 9.83. The SMILES string of the molecule is CCS(=O)(=O)c1ccc(CC(=O)Nc2sc3c(c2C(=O)NC(=O)OC)CCC(C)C3)cc1. The van der Waals surface area contributed by atoms with Crippen LogP contribution in [0.5, 0.6) is 0 Å². The van der Waals surface area contributed by atoms with Gasteiger partial charge in [0.25, 0.3) is 5.91 Å². The quantitative estimate of drug-likeness (QED) is 0.657. The summed E-state index contributed by atoms with van der Waals surface area (Å²) in [6.45, 7) is 3.71. The summed E-state index contributed by atoms with van der Waals surface area (Å²) in [5, 5.41) is 5.39. The number of rotatable bonds is 6. The van der Waals surface area contributed by atoms with E-state index in [1.807, 2.05) is 0 Å². The zero-order chi connectivity index (χ0) is 23.5. The topological polar surface area (TPSA) is 119 Å². The molecule has 1 aliphatic rings. The minimum Gasteiger partial charge on any atom is -0.453 e. The van der Waals surface area contributed by atoms with Gasteiger partial charge >= 0.3 is 6.09 Å². The Kier molecular flexibility index (Phi) is 7.35. The molecule has 0 saturated heterocycles. The third kappa shape index (κ3) is 5.36. The van der Waals surface area contributed by atoms with E-state index in [0.717, 1.165) is 23.3 Å². The molecule has 8 nitrogen and oxygen atoms in total. The summed E-state index contributed by atoms with van der Waals surface area (Å²) in [4.78, 5) is 38.2. The number of amides is 3. The van der Waals surface area contributed by atoms with Crippen LogP contribution in [0.25, 0.3) is 0 Å². The molecule has 172 valence electrons. The van der Waals surface area contributed by atoms with Crippen LogP contribution in [0.15, 0.2) is 29.2 Å². The average Bonchev–Trinajstić information content (AvgIpc) is 3.10. The van der Waals surface area contributed by atoms with Crippen molar-refractivity contribution in [2.75, 3.05) is 18.2 Å². The highest BCUT2D eigenvalue weighted by atomic mass is 32.2. The van der Waals surface area contributed by atoms with Crippen molar-refractivity contribution in [2.24, 2.45) is 5.92 Å². The van der Waals surface area contributed by atoms with Gasteiger partial charge in [-0.3, -0.25) is 14.9 Å². The van der Waals surface area contributed by atoms with E-state index in [4.69, 9.17) is 0 Å². The number of thiophene rings is 1. The number of carbonyl (C=O) groups is 3. The van der Waals surface area contributed by atoms with Crippen LogP contribution in [-0.2, 0) is 38.6 Å². The Bertz CT molecular complexity index is 1140. The van der Waals surface area contributed by atoms with E-state index in [0.29, 0.717) is 28.5 Å². The number of nitrogens with one attached hydrogen (secondary N) is 2. The molecule has 3 rings (SSSR count). The predicted octanol–water partition coefficient (Wildman–Crippen LogP) is 3.34. The van der Waals surface area contributed by atoms with Crippen LogP contribution in [-0.4, -0.2) is 39.2 Å². The van der Waals surface area contributed by atoms with Gasteiger partial charge < -0.3 is 10.1 Å². The summed E-state index contributed by atoms with van der Waals surface area (Å²) in [7, 11) is -2.13. The Hall–Kier alpha value is -2.72. The van der Waals surface area contributed by atoms with Crippen molar-refractivity contribution in [2.45, 2.75) is 44.4 Å². The Balaban J connectivity index is 1.81. The van der Waals surface area contributed by atoms with E-state index < -0.39 is 21.8 Å². The summed E-state index contributed by atoms with van der Waals surface area (Å²) in [5.41, 5.74) is 1.81. The maximum absolute atomic E-state index is 12.7. The van der Waals surface area contributed by atoms with Gasteiger partial charge in [-0.25, -0.2) is 13.2 Å². The lowest BCUT2D eigenvalue weighted by Gasteiger charge is -2.18. The zero-order valence-corrected chi connectivity index (χ0v) is 19.8. The van der Waals surface area contributed by atoms with E-state index in [9.17, 15) is 22.8 Å². The van der Waals surface area contributed by atoms with Gasteiger partial charge in [-0.15, -0.1) is 11.3 Å². The smallest absolute Gasteiger partial charge is 0.413 e. The average molecular weight is 479 g/mol. The molecule has 1 heterocycles. The molecule has 2 aromatic rings. The molecule has 0 radical (unpaired) electrons. The van der Waals surface area contributed by atoms with E-state index in [2.05, 4.69) is 22.3 Å². The Labute approximate surface area is 191 Å². The second-order valence-electron chi connectivity index (χ2n) is 7.77. The lowest BCUT2D eigenvalue weighted by Crippen LogP contribution is -2.31. The van der Waals surface area contributed by atoms with Crippen molar-refractivity contribution < 1.29 is 27.5 Å². The van der Waals surface area contributed by atoms with Gasteiger partial charge in [-0.05, 0) is 48.4 Å². The van der Waals surface area contributed by atoms with Crippen molar-refractivity contribution in [1.29, 1.82) is 0 Å². The first-order chi connectivity index (χ1) is 15.1. The standard InChI is InChI=1S/C22H26N2O6S2/c1-4-32(28,29)15-8-6-14(7-9-15)12-18(25)23-21-19(20(26)24-22(27)30-3)16-10-5-13(2)11-17(16)31-21/h6-9,13H,4-5,10-12H2,1-3H3,(H,23,25)(H,24,26,27). The zero-order valence-electron chi connectivity index (χ0n) is 18.2. The number of hydrogen-bond donors (Lipinski definition) is 2. The van der Waals surface area contributed by atoms with Gasteiger partial charge in [0.05, 0.1) is 29.7 Å². The van der Waals surface area contributed by atoms with Crippen molar-refractivity contribution in [1.82, 2.24) is 5.32 Å². The number of methoxy groups -OCH3 is 1. The maximum atomic E-state index is 12.7. The predicted molar refractivity (Wildman–Crippen MR) is 122 cm³/mol. The minimum atomic E-state index is -3.31. The molecule has 1 aromatic heterocycles. The summed E-state index contributed by atoms with van der Waals surface area (Å²) in [6.07, 6.45) is 1.58. The van der Waals surface area contributed by atoms with Gasteiger partial charge in [-0.1, -0.05) is 26.0 Å². The van der Waals surface area contributed by atoms with Gasteiger partial charge in [0.1, 0.15) is 5.00 Å². The van der Waals surface area contributed by atoms with Crippen LogP contribution in [0.4, 0.5) is 9.80 Å². The van der Waals surface area contributed by atoms with Crippen molar-refractivity contribution in [3.63, 3.8) is 0 Å². The Morgan fingerprint density at radius 2 is 1.88 bits per heavy atom. The molecular formula is C22H26N2O6S2. The van der Waals surface area contributed by atoms with E-state index in [1.54, 1.807) is 19.1 Å². The Morgan fingerprint density at radius 3 is 2.50 bits per heavy atom. The molecule has 1 unspecified atom stereocenters. The summed E-state index contributed by atoms with van der Waals surface area (Å²) >= 11 is 1.35. The molecule has 32 heavy (non-hydrogen) atoms. The maximum Gasteiger partial charge on any atom is 0.413 e. The first kappa shape index (κ1) is 23.9. The van der Waals surface area contributed by atoms with Gasteiger partial charge in [0.15, 0.2) is 9.84 Å². The number of sulfone groups is 1. The normalized spacial score (nSPS) is 15.5. The third-order valence-corrected chi connectivity index (χ3v) is 8.34. The van der Waals surface area contributed by atoms with Crippen LogP contribution in [0, 0.1) is 5.92 Å². The monoisotopic (exact) mass is 478 g/mol. The first-order valence-electron chi connectivity index (χ1n) is 10.3. The Morgan fingerprint density at radius 1 is 1.19 bits per heavy atom. The van der Waals surface area contributed by atoms with Gasteiger partial charge in [0.2, 0.25) is 5.91 Å². The lowest BCUT2D eigenvalue weighted by atomic mass is 9.88. The van der Waals surface area contributed by atoms with Crippen LogP contribution in [0.2, 0.25) is 0 Å². The van der Waals surface area contributed by atoms with Crippen molar-refractivity contribution in [3.05, 3.63) is 45.8 Å². The molecule has 10 heteroatoms. The number of alkyl carbamates (subject to hydrolysis) is 1. The third-order valence-electron chi connectivity index (χ3n) is 5.42. The number of carbonyl (C=O) groups excluding carboxylic acids is 3. The molecule has 0 bridgehead atoms. The molecule has 1 aromatic carbocycles. The van der Waals surface area contributed by atoms with Crippen LogP contribution in [0.3, 0.4) is 0 Å². The number of fused-ring (bicyclic) bond motifs is 1. The highest BCUT2D eigenvalue weighted by Crippen LogP contribution is 2.39. The van der Waals surface area contributed by atoms with Gasteiger partial charge in [-0.2, -0.15) is 0 Å². The molecule has 0 aliphatic heterocycles. The highest BCUT2D eigenvalue weighted by molar-refractivity contribution is 7.91. The van der Waals surface area contributed by atoms with Crippen LogP contribution < -0.4 is 10.6 Å². The minimum absolute atomic E-state index is 0.00487. The molecule has 0 spiro atoms. The van der Waals surface area contributed by atoms with Crippen LogP contribution >= 0.6 is 11.3 Å². The lowest BCUT2D eigenvalue weighted by molar-refractivity contribution is -0.115. The first-order valence-corrected chi connectivity index (χ1v) is 12.8. The van der Waals surface area contributed by atoms with E-state index >= 15 is 0 Å². The largest absolute Gasteiger partial charge is 0.453 e. The molecule has 0 fully saturated rings. The highest BCUT2D eigenvalue weighted by Gasteiger charge is 2.29. The number of anilines is 1. The second-order valence-corrected chi connectivity index (χ2v) is 11.2. The number of ether oxygens (including phenoxy) is 1. The van der Waals surface area contributed by atoms with Crippen LogP contribution in [0.1, 0.15) is 46.6 Å². The van der Waals surface area contributed by atoms with E-state index in [-0.39, 0.29) is 23.0 Å². The molecule has 3 amide bonds. The fourth-order valence-electron chi connectivity index (χ4n) is 3.62. The molecule has 1 atom stereocenters. The van der Waals surface area contributed by atoms with E-state index in [1.165, 1.54) is 30.6 Å². The number of imide groups is 1. The summed E-state index contributed by atoms with van der Waals surface area (Å²) in [6, 6.07) is 6.19.